The number of ether oxygens (including phenoxy) is 7. The zero-order valence-corrected chi connectivity index (χ0v) is 29.4. The van der Waals surface area contributed by atoms with E-state index in [0.29, 0.717) is 12.8 Å². The number of hydrogen-bond acceptors (Lipinski definition) is 13. The van der Waals surface area contributed by atoms with Crippen LogP contribution in [0.1, 0.15) is 135 Å². The van der Waals surface area contributed by atoms with Gasteiger partial charge in [0.2, 0.25) is 6.29 Å². The van der Waals surface area contributed by atoms with Gasteiger partial charge in [0.05, 0.1) is 33.0 Å². The molecule has 0 aromatic carbocycles. The van der Waals surface area contributed by atoms with E-state index in [2.05, 4.69) is 6.92 Å². The Morgan fingerprint density at radius 3 is 1.18 bits per heavy atom. The first-order valence-corrected chi connectivity index (χ1v) is 18.5. The predicted molar refractivity (Wildman–Crippen MR) is 176 cm³/mol. The van der Waals surface area contributed by atoms with Crippen LogP contribution < -0.4 is 0 Å². The summed E-state index contributed by atoms with van der Waals surface area (Å²) in [5, 5.41) is 0. The summed E-state index contributed by atoms with van der Waals surface area (Å²) in [5.74, 6) is -5.07. The summed E-state index contributed by atoms with van der Waals surface area (Å²) in [6.07, 6.45) is 18.4. The van der Waals surface area contributed by atoms with Crippen LogP contribution in [0.25, 0.3) is 0 Å². The van der Waals surface area contributed by atoms with Crippen LogP contribution in [0.4, 0.5) is 0 Å². The molecule has 4 atom stereocenters. The maximum Gasteiger partial charge on any atom is 0.417 e. The molecule has 0 spiro atoms. The number of esters is 5. The molecule has 2 aliphatic rings. The molecule has 49 heavy (non-hydrogen) atoms. The second-order valence-corrected chi connectivity index (χ2v) is 12.8. The number of carbonyl (C=O) groups excluding carboxylic acids is 6. The minimum Gasteiger partial charge on any atom is -0.457 e. The summed E-state index contributed by atoms with van der Waals surface area (Å²) < 4.78 is 36.1. The summed E-state index contributed by atoms with van der Waals surface area (Å²) in [7, 11) is 0. The third-order valence-electron chi connectivity index (χ3n) is 8.65. The Bertz CT molecular complexity index is 984. The van der Waals surface area contributed by atoms with E-state index < -0.39 is 54.3 Å². The van der Waals surface area contributed by atoms with E-state index in [1.807, 2.05) is 0 Å². The van der Waals surface area contributed by atoms with Gasteiger partial charge in [-0.25, -0.2) is 24.0 Å². The first-order chi connectivity index (χ1) is 23.9. The van der Waals surface area contributed by atoms with E-state index in [1.54, 1.807) is 0 Å². The highest BCUT2D eigenvalue weighted by Crippen LogP contribution is 2.30. The van der Waals surface area contributed by atoms with Crippen LogP contribution in [0.2, 0.25) is 0 Å². The summed E-state index contributed by atoms with van der Waals surface area (Å²) >= 11 is 0. The van der Waals surface area contributed by atoms with E-state index in [-0.39, 0.29) is 39.3 Å². The molecule has 2 unspecified atom stereocenters. The number of hydrogen-bond donors (Lipinski definition) is 0. The zero-order valence-electron chi connectivity index (χ0n) is 29.4. The fourth-order valence-corrected chi connectivity index (χ4v) is 5.87. The molecule has 2 aliphatic heterocycles. The van der Waals surface area contributed by atoms with Crippen molar-refractivity contribution in [3.05, 3.63) is 0 Å². The molecule has 0 saturated carbocycles. The Labute approximate surface area is 290 Å². The molecule has 13 heteroatoms. The SMILES string of the molecule is CCCCCCCCCCCCOC(=O)C(=O)OCCCCCCCCCCCCOC(=O)C(=O)O[C@H]1COC2C1OC[C@H]2OC(=O)C=O. The minimum atomic E-state index is -1.14. The van der Waals surface area contributed by atoms with Gasteiger partial charge in [0.15, 0.2) is 12.2 Å². The quantitative estimate of drug-likeness (QED) is 0.0359. The molecule has 0 aromatic rings. The van der Waals surface area contributed by atoms with E-state index in [1.165, 1.54) is 44.9 Å². The van der Waals surface area contributed by atoms with E-state index in [9.17, 15) is 28.8 Å². The summed E-state index contributed by atoms with van der Waals surface area (Å²) in [5.41, 5.74) is 0. The van der Waals surface area contributed by atoms with Crippen molar-refractivity contribution in [3.8, 4) is 0 Å². The lowest BCUT2D eigenvalue weighted by Gasteiger charge is -2.16. The van der Waals surface area contributed by atoms with Crippen LogP contribution in [0, 0.1) is 0 Å². The van der Waals surface area contributed by atoms with Crippen molar-refractivity contribution in [1.29, 1.82) is 0 Å². The Balaban J connectivity index is 1.32. The van der Waals surface area contributed by atoms with Gasteiger partial charge in [-0.3, -0.25) is 4.79 Å². The number of unbranched alkanes of at least 4 members (excludes halogenated alkanes) is 18. The molecule has 0 radical (unpaired) electrons. The Morgan fingerprint density at radius 2 is 0.816 bits per heavy atom. The number of fused-ring (bicyclic) bond motifs is 1. The molecule has 0 aliphatic carbocycles. The summed E-state index contributed by atoms with van der Waals surface area (Å²) in [6.45, 7) is 2.78. The first-order valence-electron chi connectivity index (χ1n) is 18.5. The van der Waals surface area contributed by atoms with Crippen LogP contribution in [-0.4, -0.2) is 93.6 Å². The largest absolute Gasteiger partial charge is 0.457 e. The van der Waals surface area contributed by atoms with Gasteiger partial charge in [-0.1, -0.05) is 116 Å². The van der Waals surface area contributed by atoms with E-state index in [0.717, 1.165) is 70.6 Å². The Kier molecular flexibility index (Phi) is 23.0. The van der Waals surface area contributed by atoms with Gasteiger partial charge in [0, 0.05) is 0 Å². The molecule has 0 aromatic heterocycles. The standard InChI is InChI=1S/C36H58O13/c1-2-3-4-5-6-7-10-13-16-19-22-43-33(39)34(40)44-23-20-17-14-11-8-9-12-15-18-21-24-45-35(41)36(42)49-29-27-47-31-28(26-46-32(29)31)48-30(38)25-37/h25,28-29,31-32H,2-24,26-27H2,1H3/t28-,29+,31?,32?/m1/s1. The van der Waals surface area contributed by atoms with Crippen molar-refractivity contribution in [2.45, 2.75) is 160 Å². The van der Waals surface area contributed by atoms with Crippen molar-refractivity contribution in [3.63, 3.8) is 0 Å². The minimum absolute atomic E-state index is 0.00776. The van der Waals surface area contributed by atoms with Crippen molar-refractivity contribution >= 4 is 36.1 Å². The Morgan fingerprint density at radius 1 is 0.490 bits per heavy atom. The van der Waals surface area contributed by atoms with Gasteiger partial charge < -0.3 is 33.2 Å². The van der Waals surface area contributed by atoms with Crippen molar-refractivity contribution < 1.29 is 61.9 Å². The molecule has 2 saturated heterocycles. The number of aldehydes is 1. The molecule has 2 fully saturated rings. The zero-order chi connectivity index (χ0) is 35.5. The number of rotatable bonds is 27. The Hall–Kier alpha value is -3.06. The molecule has 0 amide bonds. The summed E-state index contributed by atoms with van der Waals surface area (Å²) in [6, 6.07) is 0. The molecule has 2 rings (SSSR count). The first kappa shape index (κ1) is 42.1. The average Bonchev–Trinajstić information content (AvgIpc) is 3.69. The van der Waals surface area contributed by atoms with Crippen LogP contribution in [0.15, 0.2) is 0 Å². The van der Waals surface area contributed by atoms with Crippen molar-refractivity contribution in [2.75, 3.05) is 33.0 Å². The van der Waals surface area contributed by atoms with Gasteiger partial charge in [-0.15, -0.1) is 0 Å². The van der Waals surface area contributed by atoms with Crippen molar-refractivity contribution in [2.24, 2.45) is 0 Å². The van der Waals surface area contributed by atoms with Gasteiger partial charge in [-0.2, -0.15) is 0 Å². The topological polar surface area (TPSA) is 167 Å². The molecule has 0 N–H and O–H groups in total. The maximum absolute atomic E-state index is 12.1. The summed E-state index contributed by atoms with van der Waals surface area (Å²) in [4.78, 5) is 69.4. The van der Waals surface area contributed by atoms with Gasteiger partial charge >= 0.3 is 29.8 Å². The molecule has 2 heterocycles. The predicted octanol–water partition coefficient (Wildman–Crippen LogP) is 5.26. The lowest BCUT2D eigenvalue weighted by molar-refractivity contribution is -0.173. The normalized spacial score (nSPS) is 19.5. The second-order valence-electron chi connectivity index (χ2n) is 12.8. The highest BCUT2D eigenvalue weighted by Gasteiger charge is 2.51. The maximum atomic E-state index is 12.1. The smallest absolute Gasteiger partial charge is 0.417 e. The van der Waals surface area contributed by atoms with E-state index in [4.69, 9.17) is 33.2 Å². The molecule has 280 valence electrons. The monoisotopic (exact) mass is 698 g/mol. The third-order valence-corrected chi connectivity index (χ3v) is 8.65. The van der Waals surface area contributed by atoms with Crippen molar-refractivity contribution in [1.82, 2.24) is 0 Å². The average molecular weight is 699 g/mol. The van der Waals surface area contributed by atoms with Crippen LogP contribution in [-0.2, 0) is 61.9 Å². The fourth-order valence-electron chi connectivity index (χ4n) is 5.87. The van der Waals surface area contributed by atoms with Crippen LogP contribution in [0.5, 0.6) is 0 Å². The van der Waals surface area contributed by atoms with Crippen LogP contribution >= 0.6 is 0 Å². The molecule has 0 bridgehead atoms. The molecule has 13 nitrogen and oxygen atoms in total. The highest BCUT2D eigenvalue weighted by molar-refractivity contribution is 6.30. The van der Waals surface area contributed by atoms with Crippen LogP contribution in [0.3, 0.4) is 0 Å². The highest BCUT2D eigenvalue weighted by atomic mass is 16.7. The lowest BCUT2D eigenvalue weighted by Crippen LogP contribution is -2.37. The van der Waals surface area contributed by atoms with Gasteiger partial charge in [0.1, 0.15) is 12.2 Å². The van der Waals surface area contributed by atoms with E-state index >= 15 is 0 Å². The van der Waals surface area contributed by atoms with Gasteiger partial charge in [-0.05, 0) is 19.3 Å². The second kappa shape index (κ2) is 26.8. The number of carbonyl (C=O) groups is 6. The fraction of sp³-hybridized carbons (Fsp3) is 0.833. The van der Waals surface area contributed by atoms with Gasteiger partial charge in [0.25, 0.3) is 0 Å². The molecular formula is C36H58O13. The lowest BCUT2D eigenvalue weighted by atomic mass is 10.1. The third kappa shape index (κ3) is 18.5. The molecular weight excluding hydrogens is 640 g/mol.